The van der Waals surface area contributed by atoms with Gasteiger partial charge in [-0.25, -0.2) is 4.39 Å². The number of hydrogen-bond donors (Lipinski definition) is 0. The van der Waals surface area contributed by atoms with E-state index >= 15 is 0 Å². The number of rotatable bonds is 5. The molecule has 164 valence electrons. The molecule has 3 aromatic rings. The van der Waals surface area contributed by atoms with Crippen molar-refractivity contribution in [3.63, 3.8) is 0 Å². The van der Waals surface area contributed by atoms with Gasteiger partial charge in [-0.2, -0.15) is 18.2 Å². The van der Waals surface area contributed by atoms with E-state index < -0.39 is 23.7 Å². The van der Waals surface area contributed by atoms with Gasteiger partial charge >= 0.3 is 12.1 Å². The van der Waals surface area contributed by atoms with Crippen LogP contribution in [0.1, 0.15) is 62.8 Å². The summed E-state index contributed by atoms with van der Waals surface area (Å²) in [7, 11) is 0. The lowest BCUT2D eigenvalue weighted by Crippen LogP contribution is -2.13. The van der Waals surface area contributed by atoms with Crippen LogP contribution in [0, 0.1) is 11.7 Å². The van der Waals surface area contributed by atoms with Crippen molar-refractivity contribution in [3.05, 3.63) is 59.7 Å². The van der Waals surface area contributed by atoms with Crippen molar-refractivity contribution < 1.29 is 22.1 Å². The maximum atomic E-state index is 14.6. The highest BCUT2D eigenvalue weighted by Gasteiger charge is 2.38. The van der Waals surface area contributed by atoms with E-state index in [1.54, 1.807) is 6.07 Å². The Morgan fingerprint density at radius 1 is 0.968 bits per heavy atom. The molecule has 1 aliphatic carbocycles. The zero-order chi connectivity index (χ0) is 22.0. The predicted molar refractivity (Wildman–Crippen MR) is 110 cm³/mol. The first-order valence-electron chi connectivity index (χ1n) is 10.7. The maximum absolute atomic E-state index is 14.6. The molecule has 0 N–H and O–H groups in total. The van der Waals surface area contributed by atoms with Gasteiger partial charge in [-0.1, -0.05) is 55.3 Å². The molecule has 2 aromatic carbocycles. The summed E-state index contributed by atoms with van der Waals surface area (Å²) in [6.45, 7) is 2.24. The van der Waals surface area contributed by atoms with Crippen molar-refractivity contribution in [2.45, 2.75) is 57.5 Å². The molecule has 0 atom stereocenters. The van der Waals surface area contributed by atoms with Crippen LogP contribution in [0.15, 0.2) is 47.0 Å². The minimum Gasteiger partial charge on any atom is -0.329 e. The molecule has 3 nitrogen and oxygen atoms in total. The second-order valence-electron chi connectivity index (χ2n) is 8.24. The highest BCUT2D eigenvalue weighted by molar-refractivity contribution is 5.68. The Morgan fingerprint density at radius 2 is 1.65 bits per heavy atom. The van der Waals surface area contributed by atoms with Gasteiger partial charge < -0.3 is 4.52 Å². The van der Waals surface area contributed by atoms with Crippen LogP contribution in [0.3, 0.4) is 0 Å². The van der Waals surface area contributed by atoms with Crippen molar-refractivity contribution in [1.82, 2.24) is 10.1 Å². The lowest BCUT2D eigenvalue weighted by molar-refractivity contribution is -0.159. The lowest BCUT2D eigenvalue weighted by atomic mass is 9.77. The van der Waals surface area contributed by atoms with E-state index in [0.717, 1.165) is 11.5 Å². The molecule has 1 fully saturated rings. The number of aromatic nitrogens is 2. The quantitative estimate of drug-likeness (QED) is 0.389. The van der Waals surface area contributed by atoms with Crippen molar-refractivity contribution in [3.8, 4) is 22.5 Å². The summed E-state index contributed by atoms with van der Waals surface area (Å²) in [5.41, 5.74) is 2.66. The minimum atomic E-state index is -4.77. The van der Waals surface area contributed by atoms with E-state index in [4.69, 9.17) is 0 Å². The Kier molecular flexibility index (Phi) is 6.12. The normalized spacial score (nSPS) is 19.5. The molecule has 0 spiro atoms. The molecule has 0 radical (unpaired) electrons. The monoisotopic (exact) mass is 432 g/mol. The minimum absolute atomic E-state index is 0.136. The summed E-state index contributed by atoms with van der Waals surface area (Å²) in [4.78, 5) is 3.25. The van der Waals surface area contributed by atoms with Crippen LogP contribution in [0.5, 0.6) is 0 Å². The van der Waals surface area contributed by atoms with E-state index in [1.165, 1.54) is 56.2 Å². The summed E-state index contributed by atoms with van der Waals surface area (Å²) in [5.74, 6) is -1.20. The van der Waals surface area contributed by atoms with Crippen molar-refractivity contribution in [2.24, 2.45) is 5.92 Å². The Morgan fingerprint density at radius 3 is 2.23 bits per heavy atom. The molecule has 7 heteroatoms. The summed E-state index contributed by atoms with van der Waals surface area (Å²) >= 11 is 0. The predicted octanol–water partition coefficient (Wildman–Crippen LogP) is 7.64. The average molecular weight is 432 g/mol. The molecule has 1 aliphatic rings. The van der Waals surface area contributed by atoms with Gasteiger partial charge in [0, 0.05) is 0 Å². The van der Waals surface area contributed by atoms with Gasteiger partial charge in [0.05, 0.1) is 5.56 Å². The lowest BCUT2D eigenvalue weighted by Gasteiger charge is -2.28. The van der Waals surface area contributed by atoms with Gasteiger partial charge in [0.25, 0.3) is 0 Å². The molecule has 0 unspecified atom stereocenters. The number of halogens is 4. The fraction of sp³-hybridized carbons (Fsp3) is 0.417. The zero-order valence-electron chi connectivity index (χ0n) is 17.3. The second kappa shape index (κ2) is 8.81. The summed E-state index contributed by atoms with van der Waals surface area (Å²) in [6, 6.07) is 12.4. The number of hydrogen-bond acceptors (Lipinski definition) is 3. The molecule has 0 saturated heterocycles. The topological polar surface area (TPSA) is 38.9 Å². The van der Waals surface area contributed by atoms with Crippen LogP contribution in [0.2, 0.25) is 0 Å². The van der Waals surface area contributed by atoms with E-state index in [2.05, 4.69) is 33.7 Å². The Hall–Kier alpha value is -2.70. The number of alkyl halides is 3. The van der Waals surface area contributed by atoms with E-state index in [0.29, 0.717) is 11.5 Å². The Labute approximate surface area is 178 Å². The molecule has 31 heavy (non-hydrogen) atoms. The molecule has 4 rings (SSSR count). The van der Waals surface area contributed by atoms with Gasteiger partial charge in [0.1, 0.15) is 5.82 Å². The van der Waals surface area contributed by atoms with Gasteiger partial charge in [-0.05, 0) is 66.3 Å². The van der Waals surface area contributed by atoms with E-state index in [-0.39, 0.29) is 5.56 Å². The smallest absolute Gasteiger partial charge is 0.329 e. The van der Waals surface area contributed by atoms with Crippen molar-refractivity contribution in [1.29, 1.82) is 0 Å². The SMILES string of the molecule is CCCC1CCC(c2ccc(-c3ccc(-c4noc(C(F)(F)F)n4)c(F)c3)cc2)CC1. The maximum Gasteiger partial charge on any atom is 0.471 e. The summed E-state index contributed by atoms with van der Waals surface area (Å²) in [6.07, 6.45) is 2.76. The fourth-order valence-corrected chi connectivity index (χ4v) is 4.46. The molecule has 1 aromatic heterocycles. The second-order valence-corrected chi connectivity index (χ2v) is 8.24. The fourth-order valence-electron chi connectivity index (χ4n) is 4.46. The van der Waals surface area contributed by atoms with Gasteiger partial charge in [-0.15, -0.1) is 0 Å². The summed E-state index contributed by atoms with van der Waals surface area (Å²) in [5, 5.41) is 3.25. The van der Waals surface area contributed by atoms with Crippen LogP contribution in [0.4, 0.5) is 17.6 Å². The first kappa shape index (κ1) is 21.5. The molecule has 1 saturated carbocycles. The Bertz CT molecular complexity index is 1020. The summed E-state index contributed by atoms with van der Waals surface area (Å²) < 4.78 is 56.7. The van der Waals surface area contributed by atoms with Gasteiger partial charge in [0.15, 0.2) is 0 Å². The number of nitrogens with zero attached hydrogens (tertiary/aromatic N) is 2. The van der Waals surface area contributed by atoms with Crippen molar-refractivity contribution >= 4 is 0 Å². The molecular weight excluding hydrogens is 408 g/mol. The average Bonchev–Trinajstić information content (AvgIpc) is 3.25. The highest BCUT2D eigenvalue weighted by Crippen LogP contribution is 2.38. The largest absolute Gasteiger partial charge is 0.471 e. The van der Waals surface area contributed by atoms with Gasteiger partial charge in [-0.3, -0.25) is 0 Å². The van der Waals surface area contributed by atoms with Crippen LogP contribution in [-0.4, -0.2) is 10.1 Å². The third-order valence-electron chi connectivity index (χ3n) is 6.14. The number of benzene rings is 2. The Balaban J connectivity index is 1.48. The molecule has 0 bridgehead atoms. The third-order valence-corrected chi connectivity index (χ3v) is 6.14. The van der Waals surface area contributed by atoms with Crippen LogP contribution in [-0.2, 0) is 6.18 Å². The van der Waals surface area contributed by atoms with E-state index in [1.807, 2.05) is 12.1 Å². The molecule has 1 heterocycles. The standard InChI is InChI=1S/C24H24F4N2O/c1-2-3-15-4-6-16(7-5-15)17-8-10-18(11-9-17)19-12-13-20(21(25)14-19)22-29-23(31-30-22)24(26,27)28/h8-16H,2-7H2,1H3. The van der Waals surface area contributed by atoms with Crippen LogP contribution < -0.4 is 0 Å². The third kappa shape index (κ3) is 4.81. The molecule has 0 aliphatic heterocycles. The first-order chi connectivity index (χ1) is 14.8. The van der Waals surface area contributed by atoms with Gasteiger partial charge in [0.2, 0.25) is 5.82 Å². The van der Waals surface area contributed by atoms with Crippen molar-refractivity contribution in [2.75, 3.05) is 0 Å². The van der Waals surface area contributed by atoms with Crippen LogP contribution in [0.25, 0.3) is 22.5 Å². The first-order valence-corrected chi connectivity index (χ1v) is 10.7. The molecule has 0 amide bonds. The van der Waals surface area contributed by atoms with E-state index in [9.17, 15) is 17.6 Å². The zero-order valence-corrected chi connectivity index (χ0v) is 17.3. The molecular formula is C24H24F4N2O. The highest BCUT2D eigenvalue weighted by atomic mass is 19.4. The van der Waals surface area contributed by atoms with Crippen LogP contribution >= 0.6 is 0 Å².